The molecule has 29 heavy (non-hydrogen) atoms. The molecule has 0 aliphatic carbocycles. The Kier molecular flexibility index (Phi) is 88.4. The van der Waals surface area contributed by atoms with Crippen LogP contribution in [0.2, 0.25) is 0 Å². The molecule has 0 aromatic heterocycles. The summed E-state index contributed by atoms with van der Waals surface area (Å²) in [4.78, 5) is 0. The zero-order valence-corrected chi connectivity index (χ0v) is 18.7. The van der Waals surface area contributed by atoms with Gasteiger partial charge in [0.1, 0.15) is 0 Å². The van der Waals surface area contributed by atoms with Gasteiger partial charge in [0.25, 0.3) is 10.1 Å². The van der Waals surface area contributed by atoms with E-state index in [-0.39, 0.29) is 39.0 Å². The minimum Gasteiger partial charge on any atom is 0 e. The molecular formula is C17H18Co2O9S. The molecule has 0 fully saturated rings. The molecule has 12 heteroatoms. The van der Waals surface area contributed by atoms with Gasteiger partial charge < -0.3 is 0 Å². The molecule has 1 atom stereocenters. The third kappa shape index (κ3) is 66.1. The van der Waals surface area contributed by atoms with Crippen LogP contribution < -0.4 is 0 Å². The standard InChI is InChI=1S/C11H18O3S.6CO.2Co/c1-7-9(2)8-10(11(3,4)5)14-15(6,12)13;6*1-2;;/h1,10H,2,8H2,3-6H3;;;;;;;;. The summed E-state index contributed by atoms with van der Waals surface area (Å²) in [5, 5.41) is 0. The number of hydrogen-bond donors (Lipinski definition) is 0. The van der Waals surface area contributed by atoms with Gasteiger partial charge in [0, 0.05) is 40.0 Å². The summed E-state index contributed by atoms with van der Waals surface area (Å²) in [7, 11) is -3.47. The first-order valence-electron chi connectivity index (χ1n) is 5.81. The summed E-state index contributed by atoms with van der Waals surface area (Å²) >= 11 is 0. The second kappa shape index (κ2) is 45.4. The van der Waals surface area contributed by atoms with Crippen molar-refractivity contribution in [2.75, 3.05) is 6.26 Å². The van der Waals surface area contributed by atoms with Crippen LogP contribution in [0.1, 0.15) is 27.2 Å². The summed E-state index contributed by atoms with van der Waals surface area (Å²) in [6.07, 6.45) is 6.08. The summed E-state index contributed by atoms with van der Waals surface area (Å²) in [5.41, 5.74) is 0.238. The maximum absolute atomic E-state index is 11.1. The zero-order valence-electron chi connectivity index (χ0n) is 15.8. The third-order valence-electron chi connectivity index (χ3n) is 1.89. The van der Waals surface area contributed by atoms with Crippen LogP contribution in [-0.4, -0.2) is 20.8 Å². The van der Waals surface area contributed by atoms with Gasteiger partial charge in [-0.1, -0.05) is 33.3 Å². The zero-order chi connectivity index (χ0) is 24.3. The second-order valence-corrected chi connectivity index (χ2v) is 6.21. The summed E-state index contributed by atoms with van der Waals surface area (Å²) < 4.78 is 72.1. The molecule has 1 unspecified atom stereocenters. The Morgan fingerprint density at radius 2 is 1.17 bits per heavy atom. The quantitative estimate of drug-likeness (QED) is 0.241. The molecular weight excluding hydrogens is 498 g/mol. The van der Waals surface area contributed by atoms with E-state index in [4.69, 9.17) is 38.5 Å². The van der Waals surface area contributed by atoms with Gasteiger partial charge in [-0.15, -0.1) is 6.42 Å². The summed E-state index contributed by atoms with van der Waals surface area (Å²) in [6.45, 7) is 36.3. The van der Waals surface area contributed by atoms with Gasteiger partial charge in [-0.3, -0.25) is 4.18 Å². The average molecular weight is 516 g/mol. The molecule has 9 nitrogen and oxygen atoms in total. The van der Waals surface area contributed by atoms with Crippen LogP contribution in [0.3, 0.4) is 0 Å². The van der Waals surface area contributed by atoms with Crippen molar-refractivity contribution in [3.05, 3.63) is 52.1 Å². The molecule has 0 aliphatic rings. The minimum absolute atomic E-state index is 0. The van der Waals surface area contributed by atoms with Crippen molar-refractivity contribution in [1.82, 2.24) is 0 Å². The maximum Gasteiger partial charge on any atom is 0 e. The third-order valence-corrected chi connectivity index (χ3v) is 2.47. The van der Waals surface area contributed by atoms with Crippen molar-refractivity contribution in [3.63, 3.8) is 0 Å². The minimum atomic E-state index is -3.47. The molecule has 2 radical (unpaired) electrons. The summed E-state index contributed by atoms with van der Waals surface area (Å²) in [6, 6.07) is 0. The van der Waals surface area contributed by atoms with Crippen molar-refractivity contribution < 1.29 is 74.1 Å². The Morgan fingerprint density at radius 3 is 1.31 bits per heavy atom. The SMILES string of the molecule is C#CC(=C)CC(OS(C)(=O)=O)C(C)(C)C.[C-]#[O+].[C-]#[O+].[C-]#[O+].[C-]#[O+].[C-]#[O+].[C-]#[O+].[Co].[Co]. The smallest absolute Gasteiger partial charge is 0 e. The largest absolute Gasteiger partial charge is 0 e. The number of hydrogen-bond acceptors (Lipinski definition) is 3. The monoisotopic (exact) mass is 516 g/mol. The van der Waals surface area contributed by atoms with Crippen molar-refractivity contribution >= 4 is 10.1 Å². The number of terminal acetylenes is 1. The molecule has 0 heterocycles. The van der Waals surface area contributed by atoms with Crippen molar-refractivity contribution in [2.45, 2.75) is 33.3 Å². The fraction of sp³-hybridized carbons (Fsp3) is 0.412. The predicted molar refractivity (Wildman–Crippen MR) is 85.3 cm³/mol. The molecule has 164 valence electrons. The Balaban J connectivity index is -0.0000000349. The van der Waals surface area contributed by atoms with Crippen LogP contribution >= 0.6 is 0 Å². The summed E-state index contributed by atoms with van der Waals surface area (Å²) in [5.74, 6) is 2.38. The molecule has 0 aliphatic heterocycles. The van der Waals surface area contributed by atoms with Crippen LogP contribution in [-0.2, 0) is 75.8 Å². The van der Waals surface area contributed by atoms with Gasteiger partial charge in [0.05, 0.1) is 12.4 Å². The number of rotatable bonds is 4. The van der Waals surface area contributed by atoms with Crippen LogP contribution in [0.5, 0.6) is 0 Å². The molecule has 0 aromatic rings. The van der Waals surface area contributed by atoms with Crippen molar-refractivity contribution in [2.24, 2.45) is 5.41 Å². The van der Waals surface area contributed by atoms with E-state index in [1.54, 1.807) is 0 Å². The van der Waals surface area contributed by atoms with Crippen LogP contribution in [0.25, 0.3) is 0 Å². The van der Waals surface area contributed by atoms with Crippen LogP contribution in [0.15, 0.2) is 12.2 Å². The van der Waals surface area contributed by atoms with Gasteiger partial charge in [0.15, 0.2) is 0 Å². The Morgan fingerprint density at radius 1 is 0.931 bits per heavy atom. The fourth-order valence-corrected chi connectivity index (χ4v) is 1.76. The topological polar surface area (TPSA) is 163 Å². The Hall–Kier alpha value is -1.34. The van der Waals surface area contributed by atoms with E-state index in [9.17, 15) is 8.42 Å². The van der Waals surface area contributed by atoms with E-state index in [0.717, 1.165) is 6.26 Å². The van der Waals surface area contributed by atoms with E-state index < -0.39 is 16.2 Å². The van der Waals surface area contributed by atoms with E-state index in [1.807, 2.05) is 20.8 Å². The van der Waals surface area contributed by atoms with E-state index >= 15 is 0 Å². The van der Waals surface area contributed by atoms with Gasteiger partial charge in [-0.2, -0.15) is 8.42 Å². The normalized spacial score (nSPS) is 7.83. The van der Waals surface area contributed by atoms with E-state index in [0.29, 0.717) is 12.0 Å². The first-order valence-corrected chi connectivity index (χ1v) is 7.63. The second-order valence-electron chi connectivity index (χ2n) is 4.61. The van der Waals surface area contributed by atoms with Crippen molar-refractivity contribution in [1.29, 1.82) is 0 Å². The first kappa shape index (κ1) is 56.5. The predicted octanol–water partition coefficient (Wildman–Crippen LogP) is 1.73. The molecule has 0 saturated carbocycles. The van der Waals surface area contributed by atoms with Crippen molar-refractivity contribution in [3.8, 4) is 12.3 Å². The van der Waals surface area contributed by atoms with Crippen LogP contribution in [0.4, 0.5) is 0 Å². The molecule has 0 saturated heterocycles. The van der Waals surface area contributed by atoms with E-state index in [2.05, 4.69) is 52.4 Å². The average Bonchev–Trinajstić information content (AvgIpc) is 2.69. The van der Waals surface area contributed by atoms with E-state index in [1.165, 1.54) is 0 Å². The molecule has 0 bridgehead atoms. The fourth-order valence-electron chi connectivity index (χ4n) is 0.978. The van der Waals surface area contributed by atoms with Gasteiger partial charge in [-0.25, -0.2) is 0 Å². The first-order chi connectivity index (χ1) is 12.6. The molecule has 0 amide bonds. The van der Waals surface area contributed by atoms with Crippen LogP contribution in [0, 0.1) is 57.7 Å². The molecule has 0 spiro atoms. The molecule has 0 aromatic carbocycles. The van der Waals surface area contributed by atoms with Gasteiger partial charge >= 0.3 is 67.8 Å². The Bertz CT molecular complexity index is 567. The maximum atomic E-state index is 11.1. The molecule has 0 rings (SSSR count). The van der Waals surface area contributed by atoms with Gasteiger partial charge in [-0.05, 0) is 11.0 Å². The Labute approximate surface area is 193 Å². The molecule has 0 N–H and O–H groups in total. The van der Waals surface area contributed by atoms with Gasteiger partial charge in [0.2, 0.25) is 0 Å².